The van der Waals surface area contributed by atoms with Gasteiger partial charge in [0.2, 0.25) is 0 Å². The van der Waals surface area contributed by atoms with Crippen LogP contribution in [-0.4, -0.2) is 18.3 Å². The van der Waals surface area contributed by atoms with E-state index in [9.17, 15) is 0 Å². The molecule has 1 N–H and O–H groups in total. The van der Waals surface area contributed by atoms with Crippen LogP contribution in [0.2, 0.25) is 0 Å². The molecule has 2 rings (SSSR count). The molecule has 1 aromatic rings. The Kier molecular flexibility index (Phi) is 6.66. The maximum absolute atomic E-state index is 8.92. The summed E-state index contributed by atoms with van der Waals surface area (Å²) in [5.74, 6) is 0.347. The molecule has 1 aromatic carbocycles. The molecule has 1 heterocycles. The van der Waals surface area contributed by atoms with Gasteiger partial charge in [0.1, 0.15) is 5.75 Å². The first-order valence-electron chi connectivity index (χ1n) is 6.18. The Hall–Kier alpha value is -1.02. The van der Waals surface area contributed by atoms with E-state index in [0.29, 0.717) is 5.75 Å². The number of rotatable bonds is 2. The Labute approximate surface area is 98.3 Å². The number of aryl methyl sites for hydroxylation is 1. The van der Waals surface area contributed by atoms with Gasteiger partial charge in [0.15, 0.2) is 0 Å². The van der Waals surface area contributed by atoms with Crippen LogP contribution in [0.25, 0.3) is 0 Å². The van der Waals surface area contributed by atoms with Gasteiger partial charge in [-0.2, -0.15) is 0 Å². The molecule has 0 atom stereocenters. The molecule has 0 aliphatic carbocycles. The highest BCUT2D eigenvalue weighted by Gasteiger charge is 1.95. The number of benzene rings is 1. The summed E-state index contributed by atoms with van der Waals surface area (Å²) in [6, 6.07) is 7.37. The van der Waals surface area contributed by atoms with Crippen LogP contribution in [0, 0.1) is 0 Å². The van der Waals surface area contributed by atoms with E-state index in [2.05, 4.69) is 6.92 Å². The fraction of sp³-hybridized carbons (Fsp3) is 0.571. The molecule has 0 radical (unpaired) electrons. The van der Waals surface area contributed by atoms with Crippen LogP contribution in [0.4, 0.5) is 0 Å². The van der Waals surface area contributed by atoms with Crippen molar-refractivity contribution in [3.8, 4) is 5.75 Å². The first-order valence-corrected chi connectivity index (χ1v) is 6.18. The summed E-state index contributed by atoms with van der Waals surface area (Å²) in [7, 11) is 0. The molecule has 90 valence electrons. The van der Waals surface area contributed by atoms with Crippen LogP contribution >= 0.6 is 0 Å². The van der Waals surface area contributed by atoms with Crippen LogP contribution in [0.3, 0.4) is 0 Å². The molecule has 0 bridgehead atoms. The SMILES string of the molecule is C1CCOCC1.CCCc1ccc(O)cc1. The first kappa shape index (κ1) is 13.0. The summed E-state index contributed by atoms with van der Waals surface area (Å²) in [4.78, 5) is 0. The third-order valence-corrected chi connectivity index (χ3v) is 2.55. The zero-order valence-corrected chi connectivity index (χ0v) is 10.1. The number of hydrogen-bond donors (Lipinski definition) is 1. The van der Waals surface area contributed by atoms with Gasteiger partial charge < -0.3 is 9.84 Å². The molecule has 1 aliphatic heterocycles. The smallest absolute Gasteiger partial charge is 0.115 e. The van der Waals surface area contributed by atoms with Gasteiger partial charge in [-0.1, -0.05) is 25.5 Å². The zero-order chi connectivity index (χ0) is 11.6. The average molecular weight is 222 g/mol. The van der Waals surface area contributed by atoms with Crippen molar-refractivity contribution in [3.63, 3.8) is 0 Å². The Morgan fingerprint density at radius 2 is 1.69 bits per heavy atom. The highest BCUT2D eigenvalue weighted by Crippen LogP contribution is 2.10. The number of ether oxygens (including phenoxy) is 1. The molecule has 1 fully saturated rings. The summed E-state index contributed by atoms with van der Waals surface area (Å²) < 4.78 is 5.07. The first-order chi connectivity index (χ1) is 7.83. The van der Waals surface area contributed by atoms with E-state index in [-0.39, 0.29) is 0 Å². The van der Waals surface area contributed by atoms with E-state index < -0.39 is 0 Å². The molecule has 0 amide bonds. The third-order valence-electron chi connectivity index (χ3n) is 2.55. The van der Waals surface area contributed by atoms with E-state index in [0.717, 1.165) is 26.1 Å². The van der Waals surface area contributed by atoms with Gasteiger partial charge in [-0.05, 0) is 43.4 Å². The number of phenolic OH excluding ortho intramolecular Hbond substituents is 1. The molecule has 0 saturated carbocycles. The fourth-order valence-electron chi connectivity index (χ4n) is 1.64. The van der Waals surface area contributed by atoms with Gasteiger partial charge in [0, 0.05) is 13.2 Å². The largest absolute Gasteiger partial charge is 0.508 e. The van der Waals surface area contributed by atoms with Gasteiger partial charge >= 0.3 is 0 Å². The van der Waals surface area contributed by atoms with Crippen molar-refractivity contribution in [1.82, 2.24) is 0 Å². The number of hydrogen-bond acceptors (Lipinski definition) is 2. The Balaban J connectivity index is 0.000000181. The van der Waals surface area contributed by atoms with Gasteiger partial charge in [-0.3, -0.25) is 0 Å². The highest BCUT2D eigenvalue weighted by atomic mass is 16.5. The minimum absolute atomic E-state index is 0.347. The molecular formula is C14H22O2. The molecule has 2 nitrogen and oxygen atoms in total. The van der Waals surface area contributed by atoms with Crippen molar-refractivity contribution in [2.45, 2.75) is 39.0 Å². The quantitative estimate of drug-likeness (QED) is 0.829. The minimum atomic E-state index is 0.347. The molecular weight excluding hydrogens is 200 g/mol. The molecule has 1 aliphatic rings. The van der Waals surface area contributed by atoms with E-state index in [1.807, 2.05) is 12.1 Å². The maximum Gasteiger partial charge on any atom is 0.115 e. The van der Waals surface area contributed by atoms with Crippen LogP contribution < -0.4 is 0 Å². The predicted octanol–water partition coefficient (Wildman–Crippen LogP) is 3.53. The molecule has 0 aromatic heterocycles. The number of phenols is 1. The Bertz CT molecular complexity index is 251. The van der Waals surface area contributed by atoms with E-state index >= 15 is 0 Å². The van der Waals surface area contributed by atoms with E-state index in [1.165, 1.54) is 24.8 Å². The van der Waals surface area contributed by atoms with E-state index in [1.54, 1.807) is 12.1 Å². The summed E-state index contributed by atoms with van der Waals surface area (Å²) in [5, 5.41) is 8.92. The maximum atomic E-state index is 8.92. The van der Waals surface area contributed by atoms with Crippen molar-refractivity contribution in [2.24, 2.45) is 0 Å². The topological polar surface area (TPSA) is 29.5 Å². The van der Waals surface area contributed by atoms with Gasteiger partial charge in [0.05, 0.1) is 0 Å². The standard InChI is InChI=1S/C9H12O.C5H10O/c1-2-3-8-4-6-9(10)7-5-8;1-2-4-6-5-3-1/h4-7,10H,2-3H2,1H3;1-5H2. The van der Waals surface area contributed by atoms with Crippen LogP contribution in [-0.2, 0) is 11.2 Å². The van der Waals surface area contributed by atoms with Crippen molar-refractivity contribution in [3.05, 3.63) is 29.8 Å². The van der Waals surface area contributed by atoms with Gasteiger partial charge in [0.25, 0.3) is 0 Å². The summed E-state index contributed by atoms with van der Waals surface area (Å²) in [5.41, 5.74) is 1.29. The lowest BCUT2D eigenvalue weighted by atomic mass is 10.1. The molecule has 2 heteroatoms. The van der Waals surface area contributed by atoms with E-state index in [4.69, 9.17) is 9.84 Å². The van der Waals surface area contributed by atoms with Gasteiger partial charge in [-0.15, -0.1) is 0 Å². The molecule has 1 saturated heterocycles. The van der Waals surface area contributed by atoms with Crippen LogP contribution in [0.1, 0.15) is 38.2 Å². The number of aromatic hydroxyl groups is 1. The second kappa shape index (κ2) is 8.17. The molecule has 0 unspecified atom stereocenters. The Morgan fingerprint density at radius 1 is 1.06 bits per heavy atom. The van der Waals surface area contributed by atoms with Gasteiger partial charge in [-0.25, -0.2) is 0 Å². The van der Waals surface area contributed by atoms with Crippen molar-refractivity contribution in [1.29, 1.82) is 0 Å². The lowest BCUT2D eigenvalue weighted by Gasteiger charge is -2.08. The predicted molar refractivity (Wildman–Crippen MR) is 66.8 cm³/mol. The minimum Gasteiger partial charge on any atom is -0.508 e. The fourth-order valence-corrected chi connectivity index (χ4v) is 1.64. The second-order valence-electron chi connectivity index (χ2n) is 4.09. The zero-order valence-electron chi connectivity index (χ0n) is 10.1. The van der Waals surface area contributed by atoms with Crippen molar-refractivity contribution >= 4 is 0 Å². The Morgan fingerprint density at radius 3 is 2.06 bits per heavy atom. The normalized spacial score (nSPS) is 15.1. The third kappa shape index (κ3) is 5.76. The summed E-state index contributed by atoms with van der Waals surface area (Å²) >= 11 is 0. The summed E-state index contributed by atoms with van der Waals surface area (Å²) in [6.07, 6.45) is 6.19. The average Bonchev–Trinajstić information content (AvgIpc) is 2.35. The lowest BCUT2D eigenvalue weighted by molar-refractivity contribution is 0.0968. The monoisotopic (exact) mass is 222 g/mol. The molecule has 16 heavy (non-hydrogen) atoms. The van der Waals surface area contributed by atoms with Crippen molar-refractivity contribution in [2.75, 3.05) is 13.2 Å². The summed E-state index contributed by atoms with van der Waals surface area (Å²) in [6.45, 7) is 4.15. The molecule has 0 spiro atoms. The lowest BCUT2D eigenvalue weighted by Crippen LogP contribution is -2.03. The van der Waals surface area contributed by atoms with Crippen LogP contribution in [0.5, 0.6) is 5.75 Å². The van der Waals surface area contributed by atoms with Crippen LogP contribution in [0.15, 0.2) is 24.3 Å². The second-order valence-corrected chi connectivity index (χ2v) is 4.09. The highest BCUT2D eigenvalue weighted by molar-refractivity contribution is 5.25. The van der Waals surface area contributed by atoms with Crippen molar-refractivity contribution < 1.29 is 9.84 Å².